The number of carbonyl (C=O) groups is 2. The van der Waals surface area contributed by atoms with E-state index in [-0.39, 0.29) is 12.8 Å². The van der Waals surface area contributed by atoms with Gasteiger partial charge >= 0.3 is 12.2 Å². The zero-order valence-corrected chi connectivity index (χ0v) is 28.2. The molecule has 3 aliphatic rings. The van der Waals surface area contributed by atoms with Crippen molar-refractivity contribution in [1.29, 1.82) is 0 Å². The van der Waals surface area contributed by atoms with E-state index in [1.54, 1.807) is 55.4 Å². The fourth-order valence-corrected chi connectivity index (χ4v) is 5.91. The summed E-state index contributed by atoms with van der Waals surface area (Å²) in [6.07, 6.45) is -18.9. The lowest BCUT2D eigenvalue weighted by molar-refractivity contribution is -0.337. The van der Waals surface area contributed by atoms with E-state index < -0.39 is 122 Å². The fraction of sp³-hybridized carbons (Fsp3) is 0.933. The van der Waals surface area contributed by atoms with Gasteiger partial charge in [-0.3, -0.25) is 0 Å². The third-order valence-electron chi connectivity index (χ3n) is 8.18. The summed E-state index contributed by atoms with van der Waals surface area (Å²) in [7, 11) is 0. The molecule has 17 nitrogen and oxygen atoms in total. The quantitative estimate of drug-likeness (QED) is 0.143. The average Bonchev–Trinajstić information content (AvgIpc) is 2.94. The SMILES string of the molecule is CCC1O[C@H](OC2C(C)C[C@@H](NC(=O)OC(C)(C)C)C(OC3O[C@H](CO)[C@@H](O)C(NC(=O)OC(C)(C)C)[C@H]3O)[C@H]2O)C(O)[C@@H](O)[C@@H]1O. The molecule has 0 aromatic carbocycles. The molecule has 0 spiro atoms. The molecule has 3 fully saturated rings. The third-order valence-corrected chi connectivity index (χ3v) is 8.18. The monoisotopic (exact) mass is 682 g/mol. The van der Waals surface area contributed by atoms with E-state index in [1.165, 1.54) is 0 Å². The number of aliphatic hydroxyl groups is 7. The van der Waals surface area contributed by atoms with Crippen LogP contribution in [0.5, 0.6) is 0 Å². The standard InChI is InChI=1S/C30H54N2O15/c1-9-14-18(35)20(37)21(38)26(42-14)44-23-12(2)10-13(31-27(40)46-29(3,4)5)24(22(23)39)45-25-19(36)16(17(34)15(11-33)43-25)32-28(41)47-30(6,7)8/h12-26,33-39H,9-11H2,1-8H3,(H,31,40)(H,32,41)/t12?,13-,14?,15-,16?,17-,18-,19-,20+,21?,22+,23?,24?,25?,26-/m1/s1. The average molecular weight is 683 g/mol. The van der Waals surface area contributed by atoms with E-state index >= 15 is 0 Å². The summed E-state index contributed by atoms with van der Waals surface area (Å²) < 4.78 is 34.1. The minimum atomic E-state index is -1.76. The summed E-state index contributed by atoms with van der Waals surface area (Å²) in [5, 5.41) is 80.0. The highest BCUT2D eigenvalue weighted by Gasteiger charge is 2.53. The van der Waals surface area contributed by atoms with Gasteiger partial charge in [-0.2, -0.15) is 0 Å². The summed E-state index contributed by atoms with van der Waals surface area (Å²) in [6.45, 7) is 12.5. The van der Waals surface area contributed by atoms with Crippen LogP contribution in [-0.4, -0.2) is 151 Å². The second kappa shape index (κ2) is 15.8. The zero-order valence-electron chi connectivity index (χ0n) is 28.2. The molecule has 2 aliphatic heterocycles. The Morgan fingerprint density at radius 2 is 1.21 bits per heavy atom. The summed E-state index contributed by atoms with van der Waals surface area (Å²) in [5.41, 5.74) is -1.77. The van der Waals surface area contributed by atoms with E-state index in [0.717, 1.165) is 0 Å². The minimum Gasteiger partial charge on any atom is -0.444 e. The summed E-state index contributed by atoms with van der Waals surface area (Å²) in [5.74, 6) is -0.532. The smallest absolute Gasteiger partial charge is 0.408 e. The highest BCUT2D eigenvalue weighted by molar-refractivity contribution is 5.68. The Balaban J connectivity index is 1.90. The number of nitrogens with one attached hydrogen (secondary N) is 2. The number of rotatable bonds is 8. The molecule has 2 heterocycles. The normalized spacial score (nSPS) is 41.6. The number of aliphatic hydroxyl groups excluding tert-OH is 7. The van der Waals surface area contributed by atoms with Gasteiger partial charge in [0.05, 0.1) is 30.9 Å². The summed E-state index contributed by atoms with van der Waals surface area (Å²) >= 11 is 0. The Morgan fingerprint density at radius 1 is 0.702 bits per heavy atom. The van der Waals surface area contributed by atoms with Gasteiger partial charge in [0.15, 0.2) is 12.6 Å². The van der Waals surface area contributed by atoms with Crippen LogP contribution in [0.15, 0.2) is 0 Å². The van der Waals surface area contributed by atoms with Crippen molar-refractivity contribution < 1.29 is 73.8 Å². The van der Waals surface area contributed by atoms with Gasteiger partial charge in [0.2, 0.25) is 0 Å². The maximum Gasteiger partial charge on any atom is 0.408 e. The fourth-order valence-electron chi connectivity index (χ4n) is 5.91. The lowest BCUT2D eigenvalue weighted by Gasteiger charge is -2.49. The first-order chi connectivity index (χ1) is 21.7. The first-order valence-electron chi connectivity index (χ1n) is 16.0. The molecule has 0 radical (unpaired) electrons. The predicted molar refractivity (Wildman–Crippen MR) is 161 cm³/mol. The largest absolute Gasteiger partial charge is 0.444 e. The number of hydrogen-bond acceptors (Lipinski definition) is 15. The second-order valence-electron chi connectivity index (χ2n) is 14.5. The van der Waals surface area contributed by atoms with Crippen molar-refractivity contribution >= 4 is 12.2 Å². The van der Waals surface area contributed by atoms with Crippen molar-refractivity contribution in [3.05, 3.63) is 0 Å². The van der Waals surface area contributed by atoms with Crippen molar-refractivity contribution in [3.63, 3.8) is 0 Å². The number of carbonyl (C=O) groups excluding carboxylic acids is 2. The maximum absolute atomic E-state index is 12.8. The first-order valence-corrected chi connectivity index (χ1v) is 16.0. The molecule has 3 rings (SSSR count). The van der Waals surface area contributed by atoms with Gasteiger partial charge in [0.25, 0.3) is 0 Å². The van der Waals surface area contributed by atoms with Crippen LogP contribution in [0.2, 0.25) is 0 Å². The van der Waals surface area contributed by atoms with Gasteiger partial charge in [0, 0.05) is 0 Å². The molecule has 0 aromatic rings. The van der Waals surface area contributed by atoms with E-state index in [4.69, 9.17) is 28.4 Å². The van der Waals surface area contributed by atoms with Crippen molar-refractivity contribution in [3.8, 4) is 0 Å². The second-order valence-corrected chi connectivity index (χ2v) is 14.5. The lowest BCUT2D eigenvalue weighted by atomic mass is 9.80. The maximum atomic E-state index is 12.8. The van der Waals surface area contributed by atoms with Crippen LogP contribution in [0, 0.1) is 5.92 Å². The van der Waals surface area contributed by atoms with Crippen LogP contribution in [0.1, 0.15) is 68.2 Å². The Morgan fingerprint density at radius 3 is 1.74 bits per heavy atom. The number of ether oxygens (including phenoxy) is 6. The van der Waals surface area contributed by atoms with Crippen LogP contribution in [0.3, 0.4) is 0 Å². The van der Waals surface area contributed by atoms with Gasteiger partial charge < -0.3 is 74.8 Å². The van der Waals surface area contributed by atoms with Crippen molar-refractivity contribution in [2.24, 2.45) is 5.92 Å². The molecule has 47 heavy (non-hydrogen) atoms. The van der Waals surface area contributed by atoms with Crippen LogP contribution >= 0.6 is 0 Å². The summed E-state index contributed by atoms with van der Waals surface area (Å²) in [6, 6.07) is -2.43. The van der Waals surface area contributed by atoms with Crippen molar-refractivity contribution in [1.82, 2.24) is 10.6 Å². The van der Waals surface area contributed by atoms with Gasteiger partial charge in [-0.05, 0) is 60.3 Å². The molecule has 9 N–H and O–H groups in total. The summed E-state index contributed by atoms with van der Waals surface area (Å²) in [4.78, 5) is 25.4. The molecule has 2 saturated heterocycles. The van der Waals surface area contributed by atoms with E-state index in [9.17, 15) is 45.3 Å². The van der Waals surface area contributed by atoms with Crippen LogP contribution in [-0.2, 0) is 28.4 Å². The first kappa shape index (κ1) is 39.5. The van der Waals surface area contributed by atoms with E-state index in [0.29, 0.717) is 0 Å². The minimum absolute atomic E-state index is 0.102. The molecule has 2 amide bonds. The van der Waals surface area contributed by atoms with E-state index in [2.05, 4.69) is 10.6 Å². The van der Waals surface area contributed by atoms with Crippen LogP contribution < -0.4 is 10.6 Å². The van der Waals surface area contributed by atoms with E-state index in [1.807, 2.05) is 0 Å². The highest BCUT2D eigenvalue weighted by atomic mass is 16.7. The molecule has 15 atom stereocenters. The Kier molecular flexibility index (Phi) is 13.3. The molecule has 0 aromatic heterocycles. The molecular formula is C30H54N2O15. The molecule has 274 valence electrons. The Labute approximate surface area is 274 Å². The van der Waals surface area contributed by atoms with Crippen LogP contribution in [0.4, 0.5) is 9.59 Å². The molecule has 1 aliphatic carbocycles. The van der Waals surface area contributed by atoms with Gasteiger partial charge in [0.1, 0.15) is 60.0 Å². The molecule has 1 saturated carbocycles. The number of alkyl carbamates (subject to hydrolysis) is 2. The predicted octanol–water partition coefficient (Wildman–Crippen LogP) is -1.40. The topological polar surface area (TPSA) is 255 Å². The highest BCUT2D eigenvalue weighted by Crippen LogP contribution is 2.35. The number of amides is 2. The Hall–Kier alpha value is -1.90. The van der Waals surface area contributed by atoms with Gasteiger partial charge in [-0.15, -0.1) is 0 Å². The molecular weight excluding hydrogens is 628 g/mol. The van der Waals surface area contributed by atoms with Crippen molar-refractivity contribution in [2.45, 2.75) is 165 Å². The molecule has 7 unspecified atom stereocenters. The van der Waals surface area contributed by atoms with Gasteiger partial charge in [-0.25, -0.2) is 9.59 Å². The van der Waals surface area contributed by atoms with Crippen molar-refractivity contribution in [2.75, 3.05) is 6.61 Å². The van der Waals surface area contributed by atoms with Gasteiger partial charge in [-0.1, -0.05) is 13.8 Å². The Bertz CT molecular complexity index is 1040. The molecule has 17 heteroatoms. The lowest BCUT2D eigenvalue weighted by Crippen LogP contribution is -2.68. The zero-order chi connectivity index (χ0) is 35.6. The molecule has 0 bridgehead atoms. The number of hydrogen-bond donors (Lipinski definition) is 9. The van der Waals surface area contributed by atoms with Crippen LogP contribution in [0.25, 0.3) is 0 Å². The third kappa shape index (κ3) is 10.1.